The molecule has 1 N–H and O–H groups in total. The number of rotatable bonds is 8. The number of aryl methyl sites for hydroxylation is 2. The van der Waals surface area contributed by atoms with E-state index >= 15 is 0 Å². The van der Waals surface area contributed by atoms with E-state index in [1.807, 2.05) is 24.8 Å². The van der Waals surface area contributed by atoms with E-state index < -0.39 is 12.0 Å². The molecule has 34 heavy (non-hydrogen) atoms. The maximum absolute atomic E-state index is 13.2. The fourth-order valence-electron chi connectivity index (χ4n) is 5.32. The number of amides is 1. The summed E-state index contributed by atoms with van der Waals surface area (Å²) in [7, 11) is 0. The SMILES string of the molecule is CCn1cc(CC(=O)[C@H]2CCC(=O)N2C2CCN(Cc3ccc(Cl)c(C)c3)CC2)cc1C(=O)O. The van der Waals surface area contributed by atoms with Gasteiger partial charge in [-0.3, -0.25) is 14.5 Å². The summed E-state index contributed by atoms with van der Waals surface area (Å²) in [5.74, 6) is -0.948. The number of carbonyl (C=O) groups is 3. The van der Waals surface area contributed by atoms with Crippen LogP contribution in [0.3, 0.4) is 0 Å². The van der Waals surface area contributed by atoms with Crippen LogP contribution in [0.2, 0.25) is 5.02 Å². The van der Waals surface area contributed by atoms with Gasteiger partial charge >= 0.3 is 5.97 Å². The highest BCUT2D eigenvalue weighted by Gasteiger charge is 2.40. The van der Waals surface area contributed by atoms with Crippen molar-refractivity contribution in [3.05, 3.63) is 57.9 Å². The van der Waals surface area contributed by atoms with E-state index in [0.29, 0.717) is 24.9 Å². The Bertz CT molecular complexity index is 1090. The van der Waals surface area contributed by atoms with Crippen molar-refractivity contribution in [1.29, 1.82) is 0 Å². The zero-order chi connectivity index (χ0) is 24.4. The smallest absolute Gasteiger partial charge is 0.352 e. The lowest BCUT2D eigenvalue weighted by Gasteiger charge is -2.39. The van der Waals surface area contributed by atoms with Gasteiger partial charge in [-0.05, 0) is 61.9 Å². The topological polar surface area (TPSA) is 82.9 Å². The van der Waals surface area contributed by atoms with E-state index in [0.717, 1.165) is 43.1 Å². The Kier molecular flexibility index (Phi) is 7.43. The average molecular weight is 486 g/mol. The lowest BCUT2D eigenvalue weighted by atomic mass is 9.98. The van der Waals surface area contributed by atoms with Gasteiger partial charge in [-0.2, -0.15) is 0 Å². The summed E-state index contributed by atoms with van der Waals surface area (Å²) in [5, 5.41) is 10.1. The number of ketones is 1. The molecule has 8 heteroatoms. The lowest BCUT2D eigenvalue weighted by molar-refractivity contribution is -0.137. The zero-order valence-corrected chi connectivity index (χ0v) is 20.6. The van der Waals surface area contributed by atoms with Gasteiger partial charge in [-0.15, -0.1) is 0 Å². The van der Waals surface area contributed by atoms with Gasteiger partial charge in [0.1, 0.15) is 5.69 Å². The molecule has 2 fully saturated rings. The van der Waals surface area contributed by atoms with Crippen LogP contribution in [0, 0.1) is 6.92 Å². The van der Waals surface area contributed by atoms with Gasteiger partial charge in [0.15, 0.2) is 5.78 Å². The molecule has 4 rings (SSSR count). The maximum Gasteiger partial charge on any atom is 0.352 e. The molecule has 1 atom stereocenters. The lowest BCUT2D eigenvalue weighted by Crippen LogP contribution is -2.50. The minimum absolute atomic E-state index is 0.00453. The monoisotopic (exact) mass is 485 g/mol. The zero-order valence-electron chi connectivity index (χ0n) is 19.8. The quantitative estimate of drug-likeness (QED) is 0.612. The molecule has 1 aromatic carbocycles. The Morgan fingerprint density at radius 1 is 1.12 bits per heavy atom. The molecule has 1 aromatic heterocycles. The van der Waals surface area contributed by atoms with Crippen LogP contribution in [-0.4, -0.2) is 62.3 Å². The molecule has 2 aromatic rings. The number of hydrogen-bond donors (Lipinski definition) is 1. The van der Waals surface area contributed by atoms with E-state index in [2.05, 4.69) is 17.0 Å². The van der Waals surface area contributed by atoms with Gasteiger partial charge in [0.25, 0.3) is 0 Å². The third kappa shape index (κ3) is 5.20. The van der Waals surface area contributed by atoms with Gasteiger partial charge in [0.05, 0.1) is 6.04 Å². The summed E-state index contributed by atoms with van der Waals surface area (Å²) in [6.07, 6.45) is 4.52. The number of hydrogen-bond acceptors (Lipinski definition) is 4. The van der Waals surface area contributed by atoms with Crippen molar-refractivity contribution < 1.29 is 19.5 Å². The number of nitrogens with zero attached hydrogens (tertiary/aromatic N) is 3. The summed E-state index contributed by atoms with van der Waals surface area (Å²) in [6, 6.07) is 7.34. The van der Waals surface area contributed by atoms with Crippen molar-refractivity contribution in [2.45, 2.75) is 71.1 Å². The van der Waals surface area contributed by atoms with Gasteiger partial charge in [0.2, 0.25) is 5.91 Å². The fraction of sp³-hybridized carbons (Fsp3) is 0.500. The molecule has 2 aliphatic rings. The standard InChI is InChI=1S/C26H32ClN3O4/c1-3-29-16-19(13-23(29)26(33)34)14-24(31)22-6-7-25(32)30(22)20-8-10-28(11-9-20)15-18-4-5-21(27)17(2)12-18/h4-5,12-13,16,20,22H,3,6-11,14-15H2,1-2H3,(H,33,34)/t22-/m1/s1. The summed E-state index contributed by atoms with van der Waals surface area (Å²) in [5.41, 5.74) is 3.18. The van der Waals surface area contributed by atoms with E-state index in [1.165, 1.54) is 5.56 Å². The summed E-state index contributed by atoms with van der Waals surface area (Å²) in [6.45, 7) is 7.00. The summed E-state index contributed by atoms with van der Waals surface area (Å²) in [4.78, 5) is 41.6. The number of piperidine rings is 1. The molecule has 7 nitrogen and oxygen atoms in total. The van der Waals surface area contributed by atoms with Crippen molar-refractivity contribution in [1.82, 2.24) is 14.4 Å². The number of carbonyl (C=O) groups excluding carboxylic acids is 2. The first-order chi connectivity index (χ1) is 16.3. The number of carboxylic acids is 1. The third-order valence-corrected chi connectivity index (χ3v) is 7.52. The van der Waals surface area contributed by atoms with Crippen LogP contribution < -0.4 is 0 Å². The molecule has 0 bridgehead atoms. The Labute approximate surface area is 205 Å². The number of carboxylic acid groups (broad SMARTS) is 1. The van der Waals surface area contributed by atoms with Gasteiger partial charge in [-0.25, -0.2) is 4.79 Å². The molecule has 0 spiro atoms. The number of benzene rings is 1. The second-order valence-corrected chi connectivity index (χ2v) is 9.82. The highest BCUT2D eigenvalue weighted by atomic mass is 35.5. The average Bonchev–Trinajstić information content (AvgIpc) is 3.40. The first-order valence-electron chi connectivity index (χ1n) is 12.0. The van der Waals surface area contributed by atoms with Crippen LogP contribution in [0.1, 0.15) is 59.8 Å². The van der Waals surface area contributed by atoms with Crippen LogP contribution in [0.5, 0.6) is 0 Å². The summed E-state index contributed by atoms with van der Waals surface area (Å²) >= 11 is 6.14. The van der Waals surface area contributed by atoms with Gasteiger partial charge < -0.3 is 14.6 Å². The highest BCUT2D eigenvalue weighted by molar-refractivity contribution is 6.31. The van der Waals surface area contributed by atoms with Crippen molar-refractivity contribution in [2.24, 2.45) is 0 Å². The van der Waals surface area contributed by atoms with Crippen molar-refractivity contribution in [3.8, 4) is 0 Å². The molecule has 2 saturated heterocycles. The molecule has 182 valence electrons. The maximum atomic E-state index is 13.2. The number of halogens is 1. The molecule has 0 unspecified atom stereocenters. The largest absolute Gasteiger partial charge is 0.477 e. The van der Waals surface area contributed by atoms with Crippen molar-refractivity contribution in [2.75, 3.05) is 13.1 Å². The van der Waals surface area contributed by atoms with Crippen molar-refractivity contribution >= 4 is 29.3 Å². The van der Waals surface area contributed by atoms with Crippen LogP contribution in [0.15, 0.2) is 30.5 Å². The molecular formula is C26H32ClN3O4. The fourth-order valence-corrected chi connectivity index (χ4v) is 5.44. The number of aromatic nitrogens is 1. The number of likely N-dealkylation sites (tertiary alicyclic amines) is 2. The first-order valence-corrected chi connectivity index (χ1v) is 12.4. The minimum atomic E-state index is -1.00. The number of aromatic carboxylic acids is 1. The van der Waals surface area contributed by atoms with Gasteiger partial charge in [-0.1, -0.05) is 23.7 Å². The second-order valence-electron chi connectivity index (χ2n) is 9.41. The van der Waals surface area contributed by atoms with Crippen LogP contribution in [-0.2, 0) is 29.1 Å². The molecule has 0 saturated carbocycles. The van der Waals surface area contributed by atoms with Crippen molar-refractivity contribution in [3.63, 3.8) is 0 Å². The Morgan fingerprint density at radius 3 is 2.47 bits per heavy atom. The highest BCUT2D eigenvalue weighted by Crippen LogP contribution is 2.29. The Hall–Kier alpha value is -2.64. The Morgan fingerprint density at radius 2 is 1.85 bits per heavy atom. The molecular weight excluding hydrogens is 454 g/mol. The van der Waals surface area contributed by atoms with E-state index in [9.17, 15) is 19.5 Å². The first kappa shape index (κ1) is 24.5. The number of Topliss-reactive ketones (excluding diaryl/α,β-unsaturated/α-hetero) is 1. The summed E-state index contributed by atoms with van der Waals surface area (Å²) < 4.78 is 1.64. The molecule has 1 amide bonds. The van der Waals surface area contributed by atoms with Crippen LogP contribution >= 0.6 is 11.6 Å². The van der Waals surface area contributed by atoms with E-state index in [-0.39, 0.29) is 29.8 Å². The van der Waals surface area contributed by atoms with Gasteiger partial charge in [0, 0.05) is 56.3 Å². The molecule has 0 aliphatic carbocycles. The molecule has 0 radical (unpaired) electrons. The van der Waals surface area contributed by atoms with E-state index in [4.69, 9.17) is 11.6 Å². The molecule has 2 aliphatic heterocycles. The predicted octanol–water partition coefficient (Wildman–Crippen LogP) is 3.94. The predicted molar refractivity (Wildman–Crippen MR) is 130 cm³/mol. The Balaban J connectivity index is 1.37. The minimum Gasteiger partial charge on any atom is -0.477 e. The third-order valence-electron chi connectivity index (χ3n) is 7.10. The van der Waals surface area contributed by atoms with Crippen LogP contribution in [0.25, 0.3) is 0 Å². The van der Waals surface area contributed by atoms with Crippen LogP contribution in [0.4, 0.5) is 0 Å². The second kappa shape index (κ2) is 10.3. The normalized spacial score (nSPS) is 19.7. The molecule has 3 heterocycles. The van der Waals surface area contributed by atoms with E-state index in [1.54, 1.807) is 16.8 Å².